The van der Waals surface area contributed by atoms with Crippen molar-refractivity contribution >= 4 is 45.6 Å². The van der Waals surface area contributed by atoms with Crippen LogP contribution in [0.3, 0.4) is 0 Å². The summed E-state index contributed by atoms with van der Waals surface area (Å²) in [5.41, 5.74) is 18.9. The Hall–Kier alpha value is 0.886. The number of halogens is 1. The second kappa shape index (κ2) is 39.3. The molecule has 6 aromatic rings. The number of hydrogen-bond acceptors (Lipinski definition) is 10. The maximum Gasteiger partial charge on any atom is 0.320 e. The summed E-state index contributed by atoms with van der Waals surface area (Å²) in [7, 11) is 0. The SMILES string of the molecule is C.C=CCCOc1nc(N)c2[nH]cnc2n1.C=CCCOc1nc(N)c2ncn(Cc3cccc(CC=C)c3)c2n1.C=CCc1cccc(CCl)c1.[W].[W].[Y].[Y].[Y].[Y].[Y]. The van der Waals surface area contributed by atoms with Gasteiger partial charge in [-0.05, 0) is 47.9 Å². The smallest absolute Gasteiger partial charge is 0.320 e. The zero-order valence-electron chi connectivity index (χ0n) is 32.3. The third kappa shape index (κ3) is 23.6. The van der Waals surface area contributed by atoms with Crippen LogP contribution in [0.5, 0.6) is 12.0 Å². The van der Waals surface area contributed by atoms with Gasteiger partial charge >= 0.3 is 12.0 Å². The van der Waals surface area contributed by atoms with Gasteiger partial charge < -0.3 is 30.5 Å². The molecule has 12 nitrogen and oxygen atoms in total. The Balaban J connectivity index is -0.000000250. The molecule has 4 aromatic heterocycles. The monoisotopic (exact) mass is 1530 g/mol. The summed E-state index contributed by atoms with van der Waals surface area (Å²) in [6.07, 6.45) is 13.8. The molecular formula is C39H47ClN10O2W2Y5. The summed E-state index contributed by atoms with van der Waals surface area (Å²) in [6.45, 7) is 16.3. The molecule has 0 saturated carbocycles. The molecule has 0 spiro atoms. The van der Waals surface area contributed by atoms with Gasteiger partial charge in [0.1, 0.15) is 5.52 Å². The standard InChI is InChI=1S/C19H21N5O.C10H11Cl.C9H11N5O.CH4.2W.5Y/c1-3-5-10-25-19-22-17(20)16-18(23-19)24(13-21-16)12-15-9-6-8-14(11-15)7-4-2;1-2-4-9-5-3-6-10(7-9)8-11;1-2-3-4-15-9-13-7(10)6-8(14-9)12-5-11-6;;;;;;;;/h3-4,6,8-9,11,13H,1-2,5,7,10,12H2,(H2,20,22,23);2-3,5-7H,1,4,8H2;2,5H,1,3-4H2,(H3,10,11,12,13,14);1H4;;;;;;;. The molecule has 2 aromatic carbocycles. The number of benzene rings is 2. The maximum atomic E-state index is 5.99. The number of rotatable bonds is 15. The summed E-state index contributed by atoms with van der Waals surface area (Å²) < 4.78 is 12.8. The van der Waals surface area contributed by atoms with Gasteiger partial charge in [0, 0.05) is 212 Å². The number of anilines is 2. The number of nitrogens with one attached hydrogen (secondary N) is 1. The number of alkyl halides is 1. The van der Waals surface area contributed by atoms with Crippen LogP contribution in [0.1, 0.15) is 42.5 Å². The molecule has 299 valence electrons. The Morgan fingerprint density at radius 3 is 1.73 bits per heavy atom. The van der Waals surface area contributed by atoms with E-state index in [2.05, 4.69) is 91.5 Å². The molecule has 0 aliphatic heterocycles. The molecule has 0 fully saturated rings. The number of allylic oxidation sites excluding steroid dienone is 2. The Morgan fingerprint density at radius 2 is 1.19 bits per heavy atom. The van der Waals surface area contributed by atoms with Crippen molar-refractivity contribution < 1.29 is 215 Å². The van der Waals surface area contributed by atoms with E-state index in [1.54, 1.807) is 18.5 Å². The van der Waals surface area contributed by atoms with Crippen LogP contribution < -0.4 is 20.9 Å². The van der Waals surface area contributed by atoms with Gasteiger partial charge in [0.25, 0.3) is 0 Å². The van der Waals surface area contributed by atoms with Crippen molar-refractivity contribution in [2.75, 3.05) is 24.7 Å². The van der Waals surface area contributed by atoms with E-state index in [1.807, 2.05) is 34.9 Å². The Bertz CT molecular complexity index is 2090. The zero-order chi connectivity index (χ0) is 36.4. The summed E-state index contributed by atoms with van der Waals surface area (Å²) in [5, 5.41) is 0. The number of aromatic nitrogens is 8. The van der Waals surface area contributed by atoms with E-state index in [4.69, 9.17) is 32.5 Å². The van der Waals surface area contributed by atoms with Crippen molar-refractivity contribution in [3.05, 3.63) is 134 Å². The van der Waals surface area contributed by atoms with Crippen LogP contribution in [0.25, 0.3) is 22.3 Å². The van der Waals surface area contributed by atoms with Crippen molar-refractivity contribution in [3.8, 4) is 12.0 Å². The van der Waals surface area contributed by atoms with E-state index >= 15 is 0 Å². The number of fused-ring (bicyclic) bond motifs is 2. The van der Waals surface area contributed by atoms with Crippen molar-refractivity contribution in [2.24, 2.45) is 0 Å². The Morgan fingerprint density at radius 1 is 0.678 bits per heavy atom. The first-order chi connectivity index (χ1) is 24.9. The van der Waals surface area contributed by atoms with Crippen LogP contribution in [0, 0.1) is 0 Å². The first-order valence-corrected chi connectivity index (χ1v) is 16.8. The van der Waals surface area contributed by atoms with Gasteiger partial charge in [-0.1, -0.05) is 80.3 Å². The van der Waals surface area contributed by atoms with E-state index in [-0.39, 0.29) is 225 Å². The number of imidazole rings is 2. The molecule has 5 N–H and O–H groups in total. The topological polar surface area (TPSA) is 169 Å². The van der Waals surface area contributed by atoms with Crippen LogP contribution in [0.4, 0.5) is 11.6 Å². The van der Waals surface area contributed by atoms with Gasteiger partial charge in [0.15, 0.2) is 28.4 Å². The average Bonchev–Trinajstić information content (AvgIpc) is 3.78. The number of H-pyrrole nitrogens is 1. The van der Waals surface area contributed by atoms with Crippen LogP contribution in [0.2, 0.25) is 0 Å². The van der Waals surface area contributed by atoms with E-state index in [0.29, 0.717) is 59.6 Å². The number of hydrogen-bond donors (Lipinski definition) is 3. The minimum atomic E-state index is 0. The van der Waals surface area contributed by atoms with Crippen molar-refractivity contribution in [3.63, 3.8) is 0 Å². The van der Waals surface area contributed by atoms with Gasteiger partial charge in [-0.25, -0.2) is 9.97 Å². The maximum absolute atomic E-state index is 5.99. The number of nitrogens with zero attached hydrogens (tertiary/aromatic N) is 7. The molecule has 0 bridgehead atoms. The molecule has 4 heterocycles. The molecule has 0 amide bonds. The second-order valence-electron chi connectivity index (χ2n) is 11.0. The molecule has 0 aliphatic carbocycles. The third-order valence-electron chi connectivity index (χ3n) is 7.12. The van der Waals surface area contributed by atoms with E-state index in [0.717, 1.165) is 31.2 Å². The Labute approximate surface area is 507 Å². The number of ether oxygens (including phenoxy) is 2. The molecule has 6 rings (SSSR count). The minimum Gasteiger partial charge on any atom is -0.463 e. The number of nitrogens with two attached hydrogens (primary N) is 2. The van der Waals surface area contributed by atoms with Crippen molar-refractivity contribution in [1.29, 1.82) is 0 Å². The summed E-state index contributed by atoms with van der Waals surface area (Å²) in [6, 6.07) is 17.1. The van der Waals surface area contributed by atoms with Gasteiger partial charge in [-0.3, -0.25) is 0 Å². The fourth-order valence-electron chi connectivity index (χ4n) is 4.72. The third-order valence-corrected chi connectivity index (χ3v) is 7.43. The van der Waals surface area contributed by atoms with Gasteiger partial charge in [-0.15, -0.1) is 37.9 Å². The largest absolute Gasteiger partial charge is 0.463 e. The number of nitrogen functional groups attached to an aromatic ring is 2. The molecular weight excluding hydrogens is 1490 g/mol. The molecule has 59 heavy (non-hydrogen) atoms. The van der Waals surface area contributed by atoms with Crippen LogP contribution >= 0.6 is 11.6 Å². The van der Waals surface area contributed by atoms with E-state index < -0.39 is 0 Å². The van der Waals surface area contributed by atoms with Crippen LogP contribution in [-0.4, -0.2) is 52.7 Å². The summed E-state index contributed by atoms with van der Waals surface area (Å²) >= 11 is 5.67. The predicted molar refractivity (Wildman–Crippen MR) is 213 cm³/mol. The molecule has 20 heteroatoms. The average molecular weight is 1540 g/mol. The first-order valence-electron chi connectivity index (χ1n) is 16.2. The van der Waals surface area contributed by atoms with Crippen molar-refractivity contribution in [1.82, 2.24) is 39.5 Å². The summed E-state index contributed by atoms with van der Waals surface area (Å²) in [4.78, 5) is 27.8. The quantitative estimate of drug-likeness (QED) is 0.0525. The fraction of sp³-hybridized carbons (Fsp3) is 0.231. The van der Waals surface area contributed by atoms with Crippen molar-refractivity contribution in [2.45, 2.75) is 45.5 Å². The molecule has 0 aliphatic rings. The van der Waals surface area contributed by atoms with Crippen LogP contribution in [0.15, 0.2) is 112 Å². The second-order valence-corrected chi connectivity index (χ2v) is 11.3. The van der Waals surface area contributed by atoms with Gasteiger partial charge in [-0.2, -0.15) is 19.9 Å². The molecule has 0 saturated heterocycles. The predicted octanol–water partition coefficient (Wildman–Crippen LogP) is 7.80. The number of aromatic amines is 1. The zero-order valence-corrected chi connectivity index (χ0v) is 53.1. The van der Waals surface area contributed by atoms with E-state index in [9.17, 15) is 0 Å². The van der Waals surface area contributed by atoms with Crippen LogP contribution in [-0.2, 0) is 231 Å². The first kappa shape index (κ1) is 68.9. The molecule has 5 radical (unpaired) electrons. The van der Waals surface area contributed by atoms with E-state index in [1.165, 1.54) is 23.0 Å². The molecule has 0 unspecified atom stereocenters. The normalized spacial score (nSPS) is 8.97. The van der Waals surface area contributed by atoms with Gasteiger partial charge in [0.05, 0.1) is 32.4 Å². The van der Waals surface area contributed by atoms with Gasteiger partial charge in [0.2, 0.25) is 0 Å². The molecule has 0 atom stereocenters. The summed E-state index contributed by atoms with van der Waals surface area (Å²) in [5.74, 6) is 1.24. The minimum absolute atomic E-state index is 0. The Kier molecular flexibility index (Phi) is 45.9. The fourth-order valence-corrected chi connectivity index (χ4v) is 4.88.